The highest BCUT2D eigenvalue weighted by Gasteiger charge is 2.37. The van der Waals surface area contributed by atoms with Crippen molar-refractivity contribution in [2.45, 2.75) is 51.7 Å². The highest BCUT2D eigenvalue weighted by molar-refractivity contribution is 7.80. The highest BCUT2D eigenvalue weighted by Crippen LogP contribution is 2.37. The molecule has 0 unspecified atom stereocenters. The first-order valence-electron chi connectivity index (χ1n) is 7.36. The number of ether oxygens (including phenoxy) is 2. The molecule has 1 rings (SSSR count). The van der Waals surface area contributed by atoms with Crippen LogP contribution in [0.4, 0.5) is 0 Å². The Balaban J connectivity index is 3.02. The van der Waals surface area contributed by atoms with E-state index in [1.165, 1.54) is 12.5 Å². The largest absolute Gasteiger partial charge is 0.472 e. The maximum absolute atomic E-state index is 11.8. The Kier molecular flexibility index (Phi) is 7.07. The van der Waals surface area contributed by atoms with E-state index in [9.17, 15) is 9.59 Å². The molecule has 0 amide bonds. The quantitative estimate of drug-likeness (QED) is 0.549. The van der Waals surface area contributed by atoms with Gasteiger partial charge in [0.2, 0.25) is 0 Å². The zero-order chi connectivity index (χ0) is 17.7. The van der Waals surface area contributed by atoms with Crippen molar-refractivity contribution in [2.75, 3.05) is 11.5 Å². The van der Waals surface area contributed by atoms with Crippen LogP contribution < -0.4 is 0 Å². The molecule has 0 fully saturated rings. The van der Waals surface area contributed by atoms with Crippen molar-refractivity contribution in [3.8, 4) is 0 Å². The lowest BCUT2D eigenvalue weighted by Crippen LogP contribution is -2.32. The second-order valence-electron chi connectivity index (χ2n) is 6.12. The third-order valence-corrected chi connectivity index (χ3v) is 3.78. The Hall–Kier alpha value is -1.08. The van der Waals surface area contributed by atoms with Gasteiger partial charge >= 0.3 is 11.9 Å². The van der Waals surface area contributed by atoms with Crippen LogP contribution in [0.1, 0.15) is 51.7 Å². The zero-order valence-electron chi connectivity index (χ0n) is 13.9. The topological polar surface area (TPSA) is 65.7 Å². The number of furan rings is 1. The lowest BCUT2D eigenvalue weighted by atomic mass is 9.89. The summed E-state index contributed by atoms with van der Waals surface area (Å²) in [6.07, 6.45) is 3.47. The molecule has 130 valence electrons. The lowest BCUT2D eigenvalue weighted by Gasteiger charge is -2.30. The molecule has 0 N–H and O–H groups in total. The normalized spacial score (nSPS) is 12.1. The standard InChI is InChI=1S/C16H24O5S2/c1-15(2,20-13(17)5-7-22)11-9-19-10-12(11)16(3,4)21-14(18)6-8-23/h9-10,22-23H,5-8H2,1-4H3. The summed E-state index contributed by atoms with van der Waals surface area (Å²) in [5.41, 5.74) is -0.493. The van der Waals surface area contributed by atoms with Crippen molar-refractivity contribution in [3.63, 3.8) is 0 Å². The summed E-state index contributed by atoms with van der Waals surface area (Å²) < 4.78 is 16.3. The minimum atomic E-state index is -0.907. The van der Waals surface area contributed by atoms with Gasteiger partial charge in [-0.15, -0.1) is 0 Å². The van der Waals surface area contributed by atoms with Gasteiger partial charge in [0.25, 0.3) is 0 Å². The van der Waals surface area contributed by atoms with Gasteiger partial charge in [-0.1, -0.05) is 0 Å². The molecule has 0 saturated carbocycles. The minimum Gasteiger partial charge on any atom is -0.472 e. The summed E-state index contributed by atoms with van der Waals surface area (Å²) in [7, 11) is 0. The monoisotopic (exact) mass is 360 g/mol. The van der Waals surface area contributed by atoms with Crippen molar-refractivity contribution >= 4 is 37.2 Å². The van der Waals surface area contributed by atoms with E-state index in [1.807, 2.05) is 0 Å². The molecule has 1 aromatic rings. The molecule has 7 heteroatoms. The number of thiol groups is 2. The van der Waals surface area contributed by atoms with Crippen LogP contribution in [0.2, 0.25) is 0 Å². The average Bonchev–Trinajstić information content (AvgIpc) is 2.88. The second kappa shape index (κ2) is 8.15. The van der Waals surface area contributed by atoms with Gasteiger partial charge in [0, 0.05) is 22.6 Å². The van der Waals surface area contributed by atoms with E-state index in [0.29, 0.717) is 22.6 Å². The van der Waals surface area contributed by atoms with E-state index in [4.69, 9.17) is 13.9 Å². The van der Waals surface area contributed by atoms with Crippen LogP contribution in [-0.4, -0.2) is 23.4 Å². The Morgan fingerprint density at radius 2 is 1.26 bits per heavy atom. The molecule has 23 heavy (non-hydrogen) atoms. The lowest BCUT2D eigenvalue weighted by molar-refractivity contribution is -0.160. The Morgan fingerprint density at radius 3 is 1.57 bits per heavy atom. The Morgan fingerprint density at radius 1 is 0.913 bits per heavy atom. The fourth-order valence-corrected chi connectivity index (χ4v) is 2.56. The molecule has 0 aromatic carbocycles. The van der Waals surface area contributed by atoms with Crippen LogP contribution in [0.25, 0.3) is 0 Å². The average molecular weight is 360 g/mol. The number of esters is 2. The number of rotatable bonds is 8. The molecular weight excluding hydrogens is 336 g/mol. The van der Waals surface area contributed by atoms with Gasteiger partial charge in [-0.05, 0) is 27.7 Å². The summed E-state index contributed by atoms with van der Waals surface area (Å²) in [5.74, 6) is 0.143. The molecular formula is C16H24O5S2. The van der Waals surface area contributed by atoms with Gasteiger partial charge < -0.3 is 13.9 Å². The van der Waals surface area contributed by atoms with Gasteiger partial charge in [0.05, 0.1) is 25.4 Å². The first-order valence-corrected chi connectivity index (χ1v) is 8.63. The summed E-state index contributed by atoms with van der Waals surface area (Å²) in [6, 6.07) is 0. The van der Waals surface area contributed by atoms with Crippen molar-refractivity contribution in [3.05, 3.63) is 23.7 Å². The Labute approximate surface area is 147 Å². The first-order chi connectivity index (χ1) is 10.6. The fraction of sp³-hybridized carbons (Fsp3) is 0.625. The number of hydrogen-bond donors (Lipinski definition) is 2. The molecule has 0 radical (unpaired) electrons. The number of carbonyl (C=O) groups excluding carboxylic acids is 2. The van der Waals surface area contributed by atoms with Gasteiger partial charge in [-0.3, -0.25) is 9.59 Å². The Bertz CT molecular complexity index is 502. The van der Waals surface area contributed by atoms with E-state index in [0.717, 1.165) is 0 Å². The highest BCUT2D eigenvalue weighted by atomic mass is 32.1. The third kappa shape index (κ3) is 5.49. The zero-order valence-corrected chi connectivity index (χ0v) is 15.7. The van der Waals surface area contributed by atoms with Crippen LogP contribution >= 0.6 is 25.3 Å². The van der Waals surface area contributed by atoms with Crippen molar-refractivity contribution in [2.24, 2.45) is 0 Å². The molecule has 0 aliphatic carbocycles. The predicted molar refractivity (Wildman–Crippen MR) is 93.9 cm³/mol. The van der Waals surface area contributed by atoms with Crippen LogP contribution in [0, 0.1) is 0 Å². The summed E-state index contributed by atoms with van der Waals surface area (Å²) in [6.45, 7) is 7.07. The molecule has 5 nitrogen and oxygen atoms in total. The number of hydrogen-bond acceptors (Lipinski definition) is 7. The molecule has 1 aromatic heterocycles. The maximum atomic E-state index is 11.8. The molecule has 0 aliphatic rings. The van der Waals surface area contributed by atoms with E-state index < -0.39 is 11.2 Å². The molecule has 0 spiro atoms. The third-order valence-electron chi connectivity index (χ3n) is 3.33. The molecule has 0 bridgehead atoms. The van der Waals surface area contributed by atoms with Gasteiger partial charge in [-0.2, -0.15) is 25.3 Å². The molecule has 0 atom stereocenters. The summed E-state index contributed by atoms with van der Waals surface area (Å²) in [4.78, 5) is 23.6. The number of carbonyl (C=O) groups is 2. The SMILES string of the molecule is CC(C)(OC(=O)CCS)c1cocc1C(C)(C)OC(=O)CCS. The van der Waals surface area contributed by atoms with Crippen molar-refractivity contribution < 1.29 is 23.5 Å². The van der Waals surface area contributed by atoms with Crippen LogP contribution in [0.5, 0.6) is 0 Å². The second-order valence-corrected chi connectivity index (χ2v) is 7.01. The maximum Gasteiger partial charge on any atom is 0.307 e. The van der Waals surface area contributed by atoms with E-state index >= 15 is 0 Å². The van der Waals surface area contributed by atoms with Gasteiger partial charge in [0.15, 0.2) is 0 Å². The van der Waals surface area contributed by atoms with Gasteiger partial charge in [0.1, 0.15) is 11.2 Å². The van der Waals surface area contributed by atoms with Crippen molar-refractivity contribution in [1.82, 2.24) is 0 Å². The fourth-order valence-electron chi connectivity index (χ4n) is 2.19. The summed E-state index contributed by atoms with van der Waals surface area (Å²) in [5, 5.41) is 0. The van der Waals surface area contributed by atoms with Crippen LogP contribution in [0.3, 0.4) is 0 Å². The molecule has 1 heterocycles. The smallest absolute Gasteiger partial charge is 0.307 e. The van der Waals surface area contributed by atoms with Crippen LogP contribution in [-0.2, 0) is 30.3 Å². The van der Waals surface area contributed by atoms with Gasteiger partial charge in [-0.25, -0.2) is 0 Å². The molecule has 0 aliphatic heterocycles. The molecule has 0 saturated heterocycles. The van der Waals surface area contributed by atoms with E-state index in [2.05, 4.69) is 25.3 Å². The van der Waals surface area contributed by atoms with E-state index in [1.54, 1.807) is 27.7 Å². The van der Waals surface area contributed by atoms with E-state index in [-0.39, 0.29) is 24.8 Å². The summed E-state index contributed by atoms with van der Waals surface area (Å²) >= 11 is 8.05. The predicted octanol–water partition coefficient (Wildman–Crippen LogP) is 3.48. The first kappa shape index (κ1) is 20.0. The minimum absolute atomic E-state index is 0.222. The van der Waals surface area contributed by atoms with Crippen molar-refractivity contribution in [1.29, 1.82) is 0 Å². The van der Waals surface area contributed by atoms with Crippen LogP contribution in [0.15, 0.2) is 16.9 Å².